The van der Waals surface area contributed by atoms with Gasteiger partial charge in [-0.15, -0.1) is 0 Å². The van der Waals surface area contributed by atoms with Gasteiger partial charge in [0.05, 0.1) is 17.8 Å². The number of nitrogens with zero attached hydrogens (tertiary/aromatic N) is 1. The van der Waals surface area contributed by atoms with E-state index < -0.39 is 0 Å². The van der Waals surface area contributed by atoms with Crippen LogP contribution in [0.2, 0.25) is 5.02 Å². The molecule has 0 radical (unpaired) electrons. The zero-order valence-corrected chi connectivity index (χ0v) is 12.7. The van der Waals surface area contributed by atoms with E-state index in [1.807, 2.05) is 42.5 Å². The fraction of sp³-hybridized carbons (Fsp3) is 0.0556. The molecule has 3 rings (SSSR count). The number of aromatic nitrogens is 1. The highest BCUT2D eigenvalue weighted by Gasteiger charge is 2.06. The Balaban J connectivity index is 2.10. The molecule has 0 saturated carbocycles. The van der Waals surface area contributed by atoms with Gasteiger partial charge in [-0.1, -0.05) is 35.9 Å². The molecule has 0 bridgehead atoms. The van der Waals surface area contributed by atoms with E-state index in [4.69, 9.17) is 16.3 Å². The van der Waals surface area contributed by atoms with Crippen molar-refractivity contribution in [3.05, 3.63) is 82.2 Å². The molecule has 0 aliphatic carbocycles. The first kappa shape index (κ1) is 14.4. The lowest BCUT2D eigenvalue weighted by Crippen LogP contribution is -2.16. The summed E-state index contributed by atoms with van der Waals surface area (Å²) in [6.45, 7) is 0. The fourth-order valence-electron chi connectivity index (χ4n) is 2.28. The summed E-state index contributed by atoms with van der Waals surface area (Å²) in [4.78, 5) is 12.1. The van der Waals surface area contributed by atoms with Gasteiger partial charge >= 0.3 is 0 Å². The maximum absolute atomic E-state index is 12.1. The van der Waals surface area contributed by atoms with E-state index in [2.05, 4.69) is 0 Å². The van der Waals surface area contributed by atoms with Gasteiger partial charge < -0.3 is 4.74 Å². The predicted octanol–water partition coefficient (Wildman–Crippen LogP) is 4.17. The number of methoxy groups -OCH3 is 1. The van der Waals surface area contributed by atoms with Crippen molar-refractivity contribution in [2.24, 2.45) is 0 Å². The van der Waals surface area contributed by atoms with Crippen molar-refractivity contribution < 1.29 is 4.74 Å². The maximum atomic E-state index is 12.1. The molecule has 0 unspecified atom stereocenters. The number of rotatable bonds is 3. The van der Waals surface area contributed by atoms with Crippen molar-refractivity contribution in [3.8, 4) is 22.6 Å². The summed E-state index contributed by atoms with van der Waals surface area (Å²) >= 11 is 6.19. The summed E-state index contributed by atoms with van der Waals surface area (Å²) in [5.74, 6) is 0.795. The first-order chi connectivity index (χ1) is 10.7. The third-order valence-electron chi connectivity index (χ3n) is 3.45. The minimum atomic E-state index is -0.120. The second-order valence-corrected chi connectivity index (χ2v) is 5.21. The highest BCUT2D eigenvalue weighted by atomic mass is 35.5. The molecule has 0 amide bonds. The summed E-state index contributed by atoms with van der Waals surface area (Å²) < 4.78 is 6.72. The highest BCUT2D eigenvalue weighted by molar-refractivity contribution is 6.32. The third-order valence-corrected chi connectivity index (χ3v) is 3.77. The number of halogens is 1. The van der Waals surface area contributed by atoms with E-state index in [0.717, 1.165) is 16.9 Å². The smallest absolute Gasteiger partial charge is 0.255 e. The van der Waals surface area contributed by atoms with Crippen LogP contribution in [-0.4, -0.2) is 11.7 Å². The average Bonchev–Trinajstić information content (AvgIpc) is 2.56. The van der Waals surface area contributed by atoms with Crippen LogP contribution in [0.5, 0.6) is 5.75 Å². The number of para-hydroxylation sites is 1. The zero-order valence-electron chi connectivity index (χ0n) is 12.0. The van der Waals surface area contributed by atoms with Crippen LogP contribution in [0, 0.1) is 0 Å². The maximum Gasteiger partial charge on any atom is 0.255 e. The number of hydrogen-bond acceptors (Lipinski definition) is 2. The van der Waals surface area contributed by atoms with Crippen LogP contribution in [0.1, 0.15) is 0 Å². The molecule has 1 heterocycles. The summed E-state index contributed by atoms with van der Waals surface area (Å²) in [6.07, 6.45) is 1.80. The second kappa shape index (κ2) is 6.08. The Labute approximate surface area is 133 Å². The van der Waals surface area contributed by atoms with E-state index in [1.54, 1.807) is 36.1 Å². The summed E-state index contributed by atoms with van der Waals surface area (Å²) in [6, 6.07) is 18.3. The van der Waals surface area contributed by atoms with E-state index in [0.29, 0.717) is 10.7 Å². The lowest BCUT2D eigenvalue weighted by Gasteiger charge is -2.10. The molecule has 3 aromatic rings. The second-order valence-electron chi connectivity index (χ2n) is 4.81. The lowest BCUT2D eigenvalue weighted by molar-refractivity contribution is 0.415. The Morgan fingerprint density at radius 1 is 0.909 bits per heavy atom. The molecule has 0 spiro atoms. The zero-order chi connectivity index (χ0) is 15.5. The van der Waals surface area contributed by atoms with Crippen molar-refractivity contribution in [1.82, 2.24) is 4.57 Å². The molecule has 4 heteroatoms. The van der Waals surface area contributed by atoms with Crippen molar-refractivity contribution in [1.29, 1.82) is 0 Å². The van der Waals surface area contributed by atoms with Gasteiger partial charge in [0.1, 0.15) is 5.75 Å². The Morgan fingerprint density at radius 2 is 1.59 bits per heavy atom. The average molecular weight is 312 g/mol. The number of pyridine rings is 1. The van der Waals surface area contributed by atoms with Crippen LogP contribution in [0.15, 0.2) is 71.7 Å². The van der Waals surface area contributed by atoms with Crippen molar-refractivity contribution in [3.63, 3.8) is 0 Å². The first-order valence-corrected chi connectivity index (χ1v) is 7.19. The summed E-state index contributed by atoms with van der Waals surface area (Å²) in [5.41, 5.74) is 2.48. The monoisotopic (exact) mass is 311 g/mol. The van der Waals surface area contributed by atoms with Crippen LogP contribution < -0.4 is 10.3 Å². The molecular formula is C18H14ClNO2. The van der Waals surface area contributed by atoms with Crippen LogP contribution in [-0.2, 0) is 0 Å². The van der Waals surface area contributed by atoms with Crippen LogP contribution in [0.3, 0.4) is 0 Å². The molecule has 3 nitrogen and oxygen atoms in total. The van der Waals surface area contributed by atoms with Crippen LogP contribution in [0.4, 0.5) is 0 Å². The molecule has 0 N–H and O–H groups in total. The van der Waals surface area contributed by atoms with Crippen LogP contribution in [0.25, 0.3) is 16.8 Å². The van der Waals surface area contributed by atoms with E-state index >= 15 is 0 Å². The van der Waals surface area contributed by atoms with Gasteiger partial charge in [0, 0.05) is 12.3 Å². The van der Waals surface area contributed by atoms with Crippen molar-refractivity contribution >= 4 is 11.6 Å². The standard InChI is InChI=1S/C18H14ClNO2/c1-22-15-9-6-13(7-10-15)14-8-11-18(21)20(12-14)17-5-3-2-4-16(17)19/h2-12H,1H3. The van der Waals surface area contributed by atoms with Gasteiger partial charge in [0.15, 0.2) is 0 Å². The topological polar surface area (TPSA) is 31.2 Å². The van der Waals surface area contributed by atoms with Gasteiger partial charge in [-0.25, -0.2) is 0 Å². The largest absolute Gasteiger partial charge is 0.497 e. The summed E-state index contributed by atoms with van der Waals surface area (Å²) in [5, 5.41) is 0.538. The Hall–Kier alpha value is -2.52. The molecule has 0 aliphatic heterocycles. The SMILES string of the molecule is COc1ccc(-c2ccc(=O)n(-c3ccccc3Cl)c2)cc1. The minimum absolute atomic E-state index is 0.120. The Bertz CT molecular complexity index is 853. The molecule has 22 heavy (non-hydrogen) atoms. The highest BCUT2D eigenvalue weighted by Crippen LogP contribution is 2.24. The minimum Gasteiger partial charge on any atom is -0.497 e. The lowest BCUT2D eigenvalue weighted by atomic mass is 10.1. The Kier molecular flexibility index (Phi) is 3.98. The molecule has 0 atom stereocenters. The van der Waals surface area contributed by atoms with E-state index in [-0.39, 0.29) is 5.56 Å². The normalized spacial score (nSPS) is 10.5. The van der Waals surface area contributed by atoms with Gasteiger partial charge in [0.25, 0.3) is 5.56 Å². The molecule has 0 fully saturated rings. The Morgan fingerprint density at radius 3 is 2.27 bits per heavy atom. The molecule has 110 valence electrons. The van der Waals surface area contributed by atoms with E-state index in [1.165, 1.54) is 0 Å². The number of ether oxygens (including phenoxy) is 1. The van der Waals surface area contributed by atoms with Gasteiger partial charge in [-0.3, -0.25) is 9.36 Å². The third kappa shape index (κ3) is 2.76. The van der Waals surface area contributed by atoms with Crippen LogP contribution >= 0.6 is 11.6 Å². The molecule has 0 saturated heterocycles. The molecule has 2 aromatic carbocycles. The summed E-state index contributed by atoms with van der Waals surface area (Å²) in [7, 11) is 1.63. The quantitative estimate of drug-likeness (QED) is 0.727. The molecule has 1 aromatic heterocycles. The van der Waals surface area contributed by atoms with E-state index in [9.17, 15) is 4.79 Å². The molecular weight excluding hydrogens is 298 g/mol. The van der Waals surface area contributed by atoms with Gasteiger partial charge in [0.2, 0.25) is 0 Å². The van der Waals surface area contributed by atoms with Crippen molar-refractivity contribution in [2.75, 3.05) is 7.11 Å². The number of hydrogen-bond donors (Lipinski definition) is 0. The van der Waals surface area contributed by atoms with Gasteiger partial charge in [-0.2, -0.15) is 0 Å². The first-order valence-electron chi connectivity index (χ1n) is 6.81. The predicted molar refractivity (Wildman–Crippen MR) is 89.0 cm³/mol. The molecule has 0 aliphatic rings. The number of benzene rings is 2. The van der Waals surface area contributed by atoms with Gasteiger partial charge in [-0.05, 0) is 41.5 Å². The fourth-order valence-corrected chi connectivity index (χ4v) is 2.50. The van der Waals surface area contributed by atoms with Crippen molar-refractivity contribution in [2.45, 2.75) is 0 Å².